The topological polar surface area (TPSA) is 102 Å². The van der Waals surface area contributed by atoms with Gasteiger partial charge in [0.25, 0.3) is 15.7 Å². The summed E-state index contributed by atoms with van der Waals surface area (Å²) in [7, 11) is -3.86. The first-order chi connectivity index (χ1) is 10.4. The average molecular weight is 340 g/mol. The summed E-state index contributed by atoms with van der Waals surface area (Å²) < 4.78 is 23.9. The molecule has 0 aliphatic rings. The number of nitrogens with zero attached hydrogens (tertiary/aromatic N) is 2. The van der Waals surface area contributed by atoms with Crippen molar-refractivity contribution in [2.45, 2.75) is 4.90 Å². The smallest absolute Gasteiger partial charge is 0.258 e. The second-order valence-electron chi connectivity index (χ2n) is 4.12. The second kappa shape index (κ2) is 6.54. The van der Waals surface area contributed by atoms with Gasteiger partial charge in [-0.3, -0.25) is 10.1 Å². The summed E-state index contributed by atoms with van der Waals surface area (Å²) in [4.78, 5) is 12.2. The van der Waals surface area contributed by atoms with Crippen LogP contribution in [0.5, 0.6) is 0 Å². The molecule has 0 saturated heterocycles. The first kappa shape index (κ1) is 15.9. The molecule has 0 spiro atoms. The number of nitro groups is 1. The third kappa shape index (κ3) is 3.80. The van der Waals surface area contributed by atoms with Crippen molar-refractivity contribution in [2.75, 3.05) is 0 Å². The van der Waals surface area contributed by atoms with Crippen LogP contribution in [0.3, 0.4) is 0 Å². The number of sulfonamides is 1. The van der Waals surface area contributed by atoms with Crippen LogP contribution in [0.25, 0.3) is 0 Å². The van der Waals surface area contributed by atoms with Gasteiger partial charge in [0, 0.05) is 11.1 Å². The Labute approximate surface area is 131 Å². The minimum Gasteiger partial charge on any atom is -0.258 e. The number of hydrogen-bond acceptors (Lipinski definition) is 5. The van der Waals surface area contributed by atoms with Gasteiger partial charge in [0.05, 0.1) is 21.6 Å². The van der Waals surface area contributed by atoms with E-state index in [0.717, 1.165) is 6.21 Å². The van der Waals surface area contributed by atoms with Crippen molar-refractivity contribution in [3.8, 4) is 0 Å². The zero-order valence-corrected chi connectivity index (χ0v) is 12.6. The lowest BCUT2D eigenvalue weighted by atomic mass is 10.2. The molecule has 0 aliphatic heterocycles. The number of hydrazone groups is 1. The van der Waals surface area contributed by atoms with Crippen LogP contribution in [0.1, 0.15) is 5.56 Å². The summed E-state index contributed by atoms with van der Waals surface area (Å²) in [5.74, 6) is 0. The molecule has 0 bridgehead atoms. The molecule has 7 nitrogen and oxygen atoms in total. The van der Waals surface area contributed by atoms with Crippen molar-refractivity contribution in [2.24, 2.45) is 5.10 Å². The van der Waals surface area contributed by atoms with Gasteiger partial charge in [0.15, 0.2) is 0 Å². The number of halogens is 1. The van der Waals surface area contributed by atoms with E-state index in [9.17, 15) is 18.5 Å². The molecule has 0 amide bonds. The lowest BCUT2D eigenvalue weighted by Crippen LogP contribution is -2.18. The standard InChI is InChI=1S/C13H10ClN3O4S/c14-11-5-7-12(8-6-11)22(20,21)16-15-9-10-3-1-2-4-13(10)17(18)19/h1-9,16H. The molecular weight excluding hydrogens is 330 g/mol. The monoisotopic (exact) mass is 339 g/mol. The van der Waals surface area contributed by atoms with Crippen LogP contribution < -0.4 is 4.83 Å². The minimum atomic E-state index is -3.86. The Morgan fingerprint density at radius 1 is 1.14 bits per heavy atom. The molecule has 0 radical (unpaired) electrons. The maximum Gasteiger partial charge on any atom is 0.278 e. The Kier molecular flexibility index (Phi) is 4.74. The van der Waals surface area contributed by atoms with Gasteiger partial charge in [-0.1, -0.05) is 23.7 Å². The quantitative estimate of drug-likeness (QED) is 0.513. The number of nitro benzene ring substituents is 1. The van der Waals surface area contributed by atoms with E-state index < -0.39 is 14.9 Å². The molecular formula is C13H10ClN3O4S. The summed E-state index contributed by atoms with van der Waals surface area (Å²) in [6, 6.07) is 11.4. The first-order valence-electron chi connectivity index (χ1n) is 5.94. The zero-order valence-electron chi connectivity index (χ0n) is 11.0. The van der Waals surface area contributed by atoms with Crippen molar-refractivity contribution in [3.63, 3.8) is 0 Å². The highest BCUT2D eigenvalue weighted by Crippen LogP contribution is 2.16. The van der Waals surface area contributed by atoms with E-state index in [1.165, 1.54) is 42.5 Å². The summed E-state index contributed by atoms with van der Waals surface area (Å²) in [5, 5.41) is 14.8. The average Bonchev–Trinajstić information content (AvgIpc) is 2.48. The van der Waals surface area contributed by atoms with Crippen LogP contribution in [-0.4, -0.2) is 19.6 Å². The fourth-order valence-corrected chi connectivity index (χ4v) is 2.51. The third-order valence-corrected chi connectivity index (χ3v) is 4.12. The maximum absolute atomic E-state index is 12.0. The molecule has 1 N–H and O–H groups in total. The Morgan fingerprint density at radius 2 is 1.77 bits per heavy atom. The Morgan fingerprint density at radius 3 is 2.41 bits per heavy atom. The largest absolute Gasteiger partial charge is 0.278 e. The van der Waals surface area contributed by atoms with Crippen LogP contribution in [0.2, 0.25) is 5.02 Å². The van der Waals surface area contributed by atoms with Crippen LogP contribution in [0, 0.1) is 10.1 Å². The normalized spacial score (nSPS) is 11.5. The lowest BCUT2D eigenvalue weighted by molar-refractivity contribution is -0.385. The lowest BCUT2D eigenvalue weighted by Gasteiger charge is -2.03. The summed E-state index contributed by atoms with van der Waals surface area (Å²) in [6.07, 6.45) is 1.08. The van der Waals surface area contributed by atoms with E-state index in [2.05, 4.69) is 5.10 Å². The number of nitrogens with one attached hydrogen (secondary N) is 1. The highest BCUT2D eigenvalue weighted by molar-refractivity contribution is 7.89. The second-order valence-corrected chi connectivity index (χ2v) is 6.22. The molecule has 0 heterocycles. The number of hydrogen-bond donors (Lipinski definition) is 1. The van der Waals surface area contributed by atoms with Gasteiger partial charge in [0.1, 0.15) is 0 Å². The van der Waals surface area contributed by atoms with E-state index in [0.29, 0.717) is 5.02 Å². The first-order valence-corrected chi connectivity index (χ1v) is 7.80. The van der Waals surface area contributed by atoms with Gasteiger partial charge in [-0.05, 0) is 30.3 Å². The van der Waals surface area contributed by atoms with Crippen molar-refractivity contribution in [3.05, 3.63) is 69.2 Å². The molecule has 0 saturated carbocycles. The maximum atomic E-state index is 12.0. The fraction of sp³-hybridized carbons (Fsp3) is 0. The van der Waals surface area contributed by atoms with Crippen LogP contribution >= 0.6 is 11.6 Å². The molecule has 9 heteroatoms. The highest BCUT2D eigenvalue weighted by atomic mass is 35.5. The van der Waals surface area contributed by atoms with Crippen LogP contribution in [-0.2, 0) is 10.0 Å². The van der Waals surface area contributed by atoms with Gasteiger partial charge in [-0.25, -0.2) is 4.83 Å². The predicted molar refractivity (Wildman–Crippen MR) is 82.5 cm³/mol. The molecule has 0 aromatic heterocycles. The van der Waals surface area contributed by atoms with Crippen LogP contribution in [0.4, 0.5) is 5.69 Å². The molecule has 2 aromatic carbocycles. The van der Waals surface area contributed by atoms with Crippen molar-refractivity contribution < 1.29 is 13.3 Å². The van der Waals surface area contributed by atoms with Gasteiger partial charge < -0.3 is 0 Å². The Balaban J connectivity index is 2.19. The highest BCUT2D eigenvalue weighted by Gasteiger charge is 2.13. The number of para-hydroxylation sites is 1. The van der Waals surface area contributed by atoms with E-state index in [4.69, 9.17) is 11.6 Å². The molecule has 2 aromatic rings. The molecule has 0 atom stereocenters. The molecule has 0 aliphatic carbocycles. The summed E-state index contributed by atoms with van der Waals surface area (Å²) in [6.45, 7) is 0. The van der Waals surface area contributed by atoms with E-state index in [1.807, 2.05) is 4.83 Å². The van der Waals surface area contributed by atoms with E-state index in [-0.39, 0.29) is 16.1 Å². The van der Waals surface area contributed by atoms with E-state index >= 15 is 0 Å². The summed E-state index contributed by atoms with van der Waals surface area (Å²) >= 11 is 5.68. The Hall–Kier alpha value is -2.45. The van der Waals surface area contributed by atoms with Gasteiger partial charge in [-0.2, -0.15) is 13.5 Å². The number of rotatable bonds is 5. The minimum absolute atomic E-state index is 0.0170. The fourth-order valence-electron chi connectivity index (χ4n) is 1.59. The molecule has 0 unspecified atom stereocenters. The van der Waals surface area contributed by atoms with Crippen molar-refractivity contribution >= 4 is 33.5 Å². The molecule has 0 fully saturated rings. The van der Waals surface area contributed by atoms with Gasteiger partial charge in [0.2, 0.25) is 0 Å². The van der Waals surface area contributed by atoms with Crippen molar-refractivity contribution in [1.82, 2.24) is 4.83 Å². The predicted octanol–water partition coefficient (Wildman–Crippen LogP) is 2.56. The number of benzene rings is 2. The van der Waals surface area contributed by atoms with Crippen LogP contribution in [0.15, 0.2) is 58.5 Å². The molecule has 22 heavy (non-hydrogen) atoms. The molecule has 114 valence electrons. The summed E-state index contributed by atoms with van der Waals surface area (Å²) in [5.41, 5.74) is 0.0169. The molecule has 2 rings (SSSR count). The third-order valence-electron chi connectivity index (χ3n) is 2.63. The van der Waals surface area contributed by atoms with E-state index in [1.54, 1.807) is 6.07 Å². The van der Waals surface area contributed by atoms with Crippen molar-refractivity contribution in [1.29, 1.82) is 0 Å². The van der Waals surface area contributed by atoms with Gasteiger partial charge in [-0.15, -0.1) is 0 Å². The van der Waals surface area contributed by atoms with Gasteiger partial charge >= 0.3 is 0 Å². The zero-order chi connectivity index (χ0) is 16.2. The Bertz CT molecular complexity index is 819. The SMILES string of the molecule is O=[N+]([O-])c1ccccc1C=NNS(=O)(=O)c1ccc(Cl)cc1.